The summed E-state index contributed by atoms with van der Waals surface area (Å²) in [5.41, 5.74) is -0.196. The van der Waals surface area contributed by atoms with Crippen molar-refractivity contribution in [1.82, 2.24) is 0 Å². The smallest absolute Gasteiger partial charge is 0.296 e. The van der Waals surface area contributed by atoms with Crippen molar-refractivity contribution in [3.05, 3.63) is 22.2 Å². The maximum absolute atomic E-state index is 11.7. The molecule has 1 aromatic carbocycles. The van der Waals surface area contributed by atoms with Gasteiger partial charge in [0, 0.05) is 6.07 Å². The van der Waals surface area contributed by atoms with Crippen molar-refractivity contribution < 1.29 is 23.9 Å². The molecule has 0 fully saturated rings. The first kappa shape index (κ1) is 15.0. The van der Waals surface area contributed by atoms with Crippen molar-refractivity contribution in [3.8, 4) is 11.5 Å². The fourth-order valence-electron chi connectivity index (χ4n) is 1.76. The van der Waals surface area contributed by atoms with E-state index in [-0.39, 0.29) is 24.1 Å². The second-order valence-corrected chi connectivity index (χ2v) is 4.68. The van der Waals surface area contributed by atoms with Gasteiger partial charge < -0.3 is 19.5 Å². The van der Waals surface area contributed by atoms with Crippen LogP contribution in [-0.2, 0) is 9.53 Å². The highest BCUT2D eigenvalue weighted by Gasteiger charge is 2.23. The molecule has 1 aliphatic rings. The summed E-state index contributed by atoms with van der Waals surface area (Å²) in [6, 6.07) is 2.63. The van der Waals surface area contributed by atoms with Crippen LogP contribution in [0.4, 0.5) is 11.4 Å². The van der Waals surface area contributed by atoms with E-state index in [2.05, 4.69) is 5.32 Å². The average Bonchev–Trinajstić information content (AvgIpc) is 2.44. The average molecular weight is 296 g/mol. The fourth-order valence-corrected chi connectivity index (χ4v) is 1.76. The first-order chi connectivity index (χ1) is 9.97. The van der Waals surface area contributed by atoms with Crippen molar-refractivity contribution >= 4 is 17.3 Å². The Bertz CT molecular complexity index is 558. The molecule has 0 radical (unpaired) electrons. The normalized spacial score (nSPS) is 13.1. The minimum Gasteiger partial charge on any atom is -0.486 e. The van der Waals surface area contributed by atoms with Crippen molar-refractivity contribution in [2.45, 2.75) is 20.0 Å². The zero-order chi connectivity index (χ0) is 15.4. The molecule has 8 heteroatoms. The number of fused-ring (bicyclic) bond motifs is 1. The Morgan fingerprint density at radius 2 is 2.00 bits per heavy atom. The van der Waals surface area contributed by atoms with Gasteiger partial charge >= 0.3 is 0 Å². The first-order valence-corrected chi connectivity index (χ1v) is 6.47. The number of nitro groups is 1. The predicted molar refractivity (Wildman–Crippen MR) is 73.8 cm³/mol. The van der Waals surface area contributed by atoms with Gasteiger partial charge in [0.1, 0.15) is 25.5 Å². The Labute approximate surface area is 121 Å². The lowest BCUT2D eigenvalue weighted by Crippen LogP contribution is -2.22. The summed E-state index contributed by atoms with van der Waals surface area (Å²) < 4.78 is 15.8. The van der Waals surface area contributed by atoms with E-state index >= 15 is 0 Å². The van der Waals surface area contributed by atoms with Gasteiger partial charge in [-0.3, -0.25) is 14.9 Å². The molecular weight excluding hydrogens is 280 g/mol. The number of carbonyl (C=O) groups is 1. The third kappa shape index (κ3) is 3.82. The van der Waals surface area contributed by atoms with Gasteiger partial charge in [0.15, 0.2) is 11.5 Å². The van der Waals surface area contributed by atoms with E-state index in [0.29, 0.717) is 24.7 Å². The molecule has 21 heavy (non-hydrogen) atoms. The van der Waals surface area contributed by atoms with Crippen LogP contribution in [0.15, 0.2) is 12.1 Å². The van der Waals surface area contributed by atoms with Crippen LogP contribution in [-0.4, -0.2) is 36.8 Å². The molecule has 1 heterocycles. The Morgan fingerprint density at radius 1 is 1.38 bits per heavy atom. The van der Waals surface area contributed by atoms with Gasteiger partial charge in [-0.15, -0.1) is 0 Å². The summed E-state index contributed by atoms with van der Waals surface area (Å²) in [6.45, 7) is 4.09. The zero-order valence-electron chi connectivity index (χ0n) is 11.8. The van der Waals surface area contributed by atoms with Gasteiger partial charge in [0.2, 0.25) is 0 Å². The number of nitrogens with one attached hydrogen (secondary N) is 1. The van der Waals surface area contributed by atoms with Gasteiger partial charge in [-0.1, -0.05) is 0 Å². The Balaban J connectivity index is 2.20. The van der Waals surface area contributed by atoms with Crippen LogP contribution in [0.5, 0.6) is 11.5 Å². The summed E-state index contributed by atoms with van der Waals surface area (Å²) in [7, 11) is 0. The largest absolute Gasteiger partial charge is 0.486 e. The van der Waals surface area contributed by atoms with Crippen LogP contribution in [0.1, 0.15) is 13.8 Å². The first-order valence-electron chi connectivity index (χ1n) is 6.47. The third-order valence-electron chi connectivity index (χ3n) is 2.68. The van der Waals surface area contributed by atoms with Crippen molar-refractivity contribution in [1.29, 1.82) is 0 Å². The third-order valence-corrected chi connectivity index (χ3v) is 2.68. The van der Waals surface area contributed by atoms with Gasteiger partial charge in [0.25, 0.3) is 11.6 Å². The van der Waals surface area contributed by atoms with Crippen molar-refractivity contribution in [2.75, 3.05) is 25.1 Å². The molecule has 1 aliphatic heterocycles. The maximum atomic E-state index is 11.7. The molecule has 1 aromatic rings. The highest BCUT2D eigenvalue weighted by atomic mass is 16.6. The number of nitrogens with zero attached hydrogens (tertiary/aromatic N) is 1. The molecule has 0 bridgehead atoms. The predicted octanol–water partition coefficient (Wildman–Crippen LogP) is 1.73. The molecule has 0 unspecified atom stereocenters. The molecular formula is C13H16N2O6. The topological polar surface area (TPSA) is 99.9 Å². The van der Waals surface area contributed by atoms with Crippen LogP contribution in [0, 0.1) is 10.1 Å². The van der Waals surface area contributed by atoms with Crippen LogP contribution < -0.4 is 14.8 Å². The summed E-state index contributed by atoms with van der Waals surface area (Å²) in [5, 5.41) is 13.5. The fraction of sp³-hybridized carbons (Fsp3) is 0.462. The Hall–Kier alpha value is -2.35. The van der Waals surface area contributed by atoms with E-state index in [4.69, 9.17) is 14.2 Å². The number of ether oxygens (including phenoxy) is 3. The van der Waals surface area contributed by atoms with Gasteiger partial charge in [0.05, 0.1) is 17.1 Å². The van der Waals surface area contributed by atoms with Crippen molar-refractivity contribution in [3.63, 3.8) is 0 Å². The number of benzene rings is 1. The van der Waals surface area contributed by atoms with E-state index < -0.39 is 10.8 Å². The summed E-state index contributed by atoms with van der Waals surface area (Å²) in [5.74, 6) is 0.194. The molecule has 0 saturated heterocycles. The second kappa shape index (κ2) is 6.40. The number of carbonyl (C=O) groups excluding carboxylic acids is 1. The second-order valence-electron chi connectivity index (χ2n) is 4.68. The van der Waals surface area contributed by atoms with E-state index in [1.54, 1.807) is 13.8 Å². The Morgan fingerprint density at radius 3 is 2.57 bits per heavy atom. The monoisotopic (exact) mass is 296 g/mol. The molecule has 0 saturated carbocycles. The highest BCUT2D eigenvalue weighted by molar-refractivity contribution is 5.94. The van der Waals surface area contributed by atoms with Gasteiger partial charge in [-0.2, -0.15) is 0 Å². The van der Waals surface area contributed by atoms with E-state index in [0.717, 1.165) is 0 Å². The molecule has 114 valence electrons. The van der Waals surface area contributed by atoms with E-state index in [1.165, 1.54) is 12.1 Å². The van der Waals surface area contributed by atoms with Crippen molar-refractivity contribution in [2.24, 2.45) is 0 Å². The van der Waals surface area contributed by atoms with Gasteiger partial charge in [-0.05, 0) is 13.8 Å². The Kier molecular flexibility index (Phi) is 4.59. The van der Waals surface area contributed by atoms with Crippen LogP contribution in [0.25, 0.3) is 0 Å². The molecule has 0 aliphatic carbocycles. The van der Waals surface area contributed by atoms with Crippen LogP contribution >= 0.6 is 0 Å². The molecule has 1 N–H and O–H groups in total. The minimum absolute atomic E-state index is 0.0570. The minimum atomic E-state index is -0.586. The lowest BCUT2D eigenvalue weighted by Gasteiger charge is -2.19. The standard InChI is InChI=1S/C13H16N2O6/c1-8(2)21-7-13(16)14-9-5-11-12(20-4-3-19-11)6-10(9)15(17)18/h5-6,8H,3-4,7H2,1-2H3,(H,14,16). The molecule has 0 aromatic heterocycles. The number of rotatable bonds is 5. The highest BCUT2D eigenvalue weighted by Crippen LogP contribution is 2.39. The number of nitro benzene ring substituents is 1. The molecule has 2 rings (SSSR count). The molecule has 8 nitrogen and oxygen atoms in total. The summed E-state index contributed by atoms with van der Waals surface area (Å²) in [6.07, 6.45) is -0.106. The maximum Gasteiger partial charge on any atom is 0.296 e. The lowest BCUT2D eigenvalue weighted by atomic mass is 10.2. The zero-order valence-corrected chi connectivity index (χ0v) is 11.8. The SMILES string of the molecule is CC(C)OCC(=O)Nc1cc2c(cc1[N+](=O)[O-])OCCO2. The lowest BCUT2D eigenvalue weighted by molar-refractivity contribution is -0.384. The van der Waals surface area contributed by atoms with Crippen LogP contribution in [0.3, 0.4) is 0 Å². The van der Waals surface area contributed by atoms with E-state index in [9.17, 15) is 14.9 Å². The number of amides is 1. The van der Waals surface area contributed by atoms with Gasteiger partial charge in [-0.25, -0.2) is 0 Å². The number of hydrogen-bond donors (Lipinski definition) is 1. The molecule has 0 atom stereocenters. The summed E-state index contributed by atoms with van der Waals surface area (Å²) >= 11 is 0. The molecule has 0 spiro atoms. The molecule has 1 amide bonds. The quantitative estimate of drug-likeness (QED) is 0.656. The number of hydrogen-bond acceptors (Lipinski definition) is 6. The van der Waals surface area contributed by atoms with E-state index in [1.807, 2.05) is 0 Å². The summed E-state index contributed by atoms with van der Waals surface area (Å²) in [4.78, 5) is 22.2. The van der Waals surface area contributed by atoms with Crippen LogP contribution in [0.2, 0.25) is 0 Å². The number of anilines is 1.